The molecule has 1 saturated heterocycles. The van der Waals surface area contributed by atoms with Gasteiger partial charge >= 0.3 is 0 Å². The molecule has 1 N–H and O–H groups in total. The Bertz CT molecular complexity index is 740. The average molecular weight is 314 g/mol. The van der Waals surface area contributed by atoms with E-state index in [1.165, 1.54) is 30.3 Å². The summed E-state index contributed by atoms with van der Waals surface area (Å²) < 4.78 is 26.6. The molecule has 1 aliphatic rings. The van der Waals surface area contributed by atoms with Crippen molar-refractivity contribution in [2.75, 3.05) is 6.54 Å². The van der Waals surface area contributed by atoms with Crippen LogP contribution in [-0.2, 0) is 6.54 Å². The summed E-state index contributed by atoms with van der Waals surface area (Å²) in [6, 6.07) is 12.2. The fraction of sp³-hybridized carbons (Fsp3) is 0.278. The maximum Gasteiger partial charge on any atom is 0.123 e. The number of halogens is 2. The van der Waals surface area contributed by atoms with E-state index < -0.39 is 11.9 Å². The zero-order chi connectivity index (χ0) is 16.4. The Morgan fingerprint density at radius 1 is 1.13 bits per heavy atom. The van der Waals surface area contributed by atoms with Crippen molar-refractivity contribution in [2.24, 2.45) is 0 Å². The first-order valence-corrected chi connectivity index (χ1v) is 7.43. The van der Waals surface area contributed by atoms with E-state index >= 15 is 0 Å². The van der Waals surface area contributed by atoms with Crippen molar-refractivity contribution < 1.29 is 13.9 Å². The first-order chi connectivity index (χ1) is 11.1. The van der Waals surface area contributed by atoms with Gasteiger partial charge in [-0.15, -0.1) is 0 Å². The van der Waals surface area contributed by atoms with Crippen LogP contribution in [0.1, 0.15) is 29.2 Å². The topological polar surface area (TPSA) is 47.3 Å². The number of rotatable bonds is 3. The Hall–Kier alpha value is -2.29. The van der Waals surface area contributed by atoms with Crippen molar-refractivity contribution in [1.82, 2.24) is 4.90 Å². The molecule has 5 heteroatoms. The van der Waals surface area contributed by atoms with Gasteiger partial charge in [0.25, 0.3) is 0 Å². The van der Waals surface area contributed by atoms with Crippen molar-refractivity contribution in [2.45, 2.75) is 25.1 Å². The predicted molar refractivity (Wildman–Crippen MR) is 81.3 cm³/mol. The molecule has 1 heterocycles. The van der Waals surface area contributed by atoms with E-state index in [0.29, 0.717) is 30.6 Å². The molecule has 1 fully saturated rings. The second-order valence-electron chi connectivity index (χ2n) is 5.80. The maximum atomic E-state index is 13.5. The summed E-state index contributed by atoms with van der Waals surface area (Å²) in [6.45, 7) is 0.795. The Labute approximate surface area is 133 Å². The van der Waals surface area contributed by atoms with Crippen LogP contribution in [0.15, 0.2) is 42.5 Å². The van der Waals surface area contributed by atoms with Crippen LogP contribution in [0.2, 0.25) is 0 Å². The minimum Gasteiger partial charge on any atom is -0.392 e. The van der Waals surface area contributed by atoms with E-state index in [1.54, 1.807) is 12.1 Å². The number of likely N-dealkylation sites (tertiary alicyclic amines) is 1. The third-order valence-corrected chi connectivity index (χ3v) is 4.20. The zero-order valence-corrected chi connectivity index (χ0v) is 12.4. The van der Waals surface area contributed by atoms with E-state index in [0.717, 1.165) is 5.56 Å². The van der Waals surface area contributed by atoms with E-state index in [1.807, 2.05) is 4.90 Å². The molecule has 0 amide bonds. The minimum atomic E-state index is -0.496. The molecule has 0 aliphatic carbocycles. The van der Waals surface area contributed by atoms with Crippen LogP contribution in [-0.4, -0.2) is 22.7 Å². The van der Waals surface area contributed by atoms with Gasteiger partial charge in [0, 0.05) is 19.1 Å². The highest BCUT2D eigenvalue weighted by molar-refractivity contribution is 5.38. The summed E-state index contributed by atoms with van der Waals surface area (Å²) in [5.41, 5.74) is 1.91. The van der Waals surface area contributed by atoms with Crippen LogP contribution in [0, 0.1) is 23.0 Å². The summed E-state index contributed by atoms with van der Waals surface area (Å²) in [4.78, 5) is 1.99. The van der Waals surface area contributed by atoms with Crippen molar-refractivity contribution in [1.29, 1.82) is 5.26 Å². The summed E-state index contributed by atoms with van der Waals surface area (Å²) in [6.07, 6.45) is 0.0344. The normalized spacial score (nSPS) is 21.3. The van der Waals surface area contributed by atoms with Crippen molar-refractivity contribution in [3.8, 4) is 6.07 Å². The van der Waals surface area contributed by atoms with E-state index in [-0.39, 0.29) is 11.9 Å². The molecular weight excluding hydrogens is 298 g/mol. The average Bonchev–Trinajstić information content (AvgIpc) is 2.89. The molecule has 0 saturated carbocycles. The lowest BCUT2D eigenvalue weighted by Gasteiger charge is -2.25. The van der Waals surface area contributed by atoms with Gasteiger partial charge in [0.2, 0.25) is 0 Å². The van der Waals surface area contributed by atoms with Crippen LogP contribution in [0.4, 0.5) is 8.78 Å². The lowest BCUT2D eigenvalue weighted by atomic mass is 10.0. The molecule has 23 heavy (non-hydrogen) atoms. The Kier molecular flexibility index (Phi) is 4.37. The predicted octanol–water partition coefficient (Wildman–Crippen LogP) is 3.14. The molecule has 0 unspecified atom stereocenters. The summed E-state index contributed by atoms with van der Waals surface area (Å²) in [5.74, 6) is -0.701. The number of aliphatic hydroxyl groups is 1. The van der Waals surface area contributed by atoms with Crippen LogP contribution in [0.25, 0.3) is 0 Å². The van der Waals surface area contributed by atoms with Gasteiger partial charge in [0.15, 0.2) is 0 Å². The smallest absolute Gasteiger partial charge is 0.123 e. The fourth-order valence-corrected chi connectivity index (χ4v) is 3.11. The second-order valence-corrected chi connectivity index (χ2v) is 5.80. The molecule has 2 aromatic rings. The number of benzene rings is 2. The third-order valence-electron chi connectivity index (χ3n) is 4.20. The van der Waals surface area contributed by atoms with Gasteiger partial charge in [-0.3, -0.25) is 4.90 Å². The van der Waals surface area contributed by atoms with Crippen molar-refractivity contribution in [3.05, 3.63) is 70.8 Å². The Balaban J connectivity index is 1.87. The summed E-state index contributed by atoms with van der Waals surface area (Å²) in [5, 5.41) is 19.2. The van der Waals surface area contributed by atoms with Gasteiger partial charge in [0.05, 0.1) is 17.7 Å². The number of β-amino-alcohol motifs (C(OH)–C–C–N with tert-alkyl or cyclic N) is 1. The third kappa shape index (κ3) is 3.39. The van der Waals surface area contributed by atoms with Gasteiger partial charge in [-0.1, -0.05) is 12.1 Å². The lowest BCUT2D eigenvalue weighted by molar-refractivity contribution is 0.172. The highest BCUT2D eigenvalue weighted by Crippen LogP contribution is 2.34. The van der Waals surface area contributed by atoms with Crippen LogP contribution in [0.3, 0.4) is 0 Å². The van der Waals surface area contributed by atoms with Crippen molar-refractivity contribution in [3.63, 3.8) is 0 Å². The van der Waals surface area contributed by atoms with E-state index in [9.17, 15) is 13.9 Å². The van der Waals surface area contributed by atoms with Crippen LogP contribution >= 0.6 is 0 Å². The maximum absolute atomic E-state index is 13.5. The molecule has 1 aliphatic heterocycles. The monoisotopic (exact) mass is 314 g/mol. The summed E-state index contributed by atoms with van der Waals surface area (Å²) in [7, 11) is 0. The minimum absolute atomic E-state index is 0.0830. The Morgan fingerprint density at radius 2 is 1.83 bits per heavy atom. The van der Waals surface area contributed by atoms with Crippen LogP contribution < -0.4 is 0 Å². The number of hydrogen-bond donors (Lipinski definition) is 1. The molecule has 3 nitrogen and oxygen atoms in total. The standard InChI is InChI=1S/C18H16F2N2O/c19-15-4-1-12(2-5-15)18-8-17(23)11-22(18)10-14-7-16(20)6-3-13(14)9-21/h1-7,17-18,23H,8,10-11H2/t17-,18+/m1/s1. The Morgan fingerprint density at radius 3 is 2.52 bits per heavy atom. The number of nitriles is 1. The van der Waals surface area contributed by atoms with Gasteiger partial charge in [0.1, 0.15) is 11.6 Å². The van der Waals surface area contributed by atoms with Crippen molar-refractivity contribution >= 4 is 0 Å². The number of hydrogen-bond acceptors (Lipinski definition) is 3. The first-order valence-electron chi connectivity index (χ1n) is 7.43. The highest BCUT2D eigenvalue weighted by atomic mass is 19.1. The van der Waals surface area contributed by atoms with Crippen LogP contribution in [0.5, 0.6) is 0 Å². The summed E-state index contributed by atoms with van der Waals surface area (Å²) >= 11 is 0. The molecule has 0 bridgehead atoms. The van der Waals surface area contributed by atoms with Gasteiger partial charge in [-0.2, -0.15) is 5.26 Å². The van der Waals surface area contributed by atoms with E-state index in [2.05, 4.69) is 6.07 Å². The highest BCUT2D eigenvalue weighted by Gasteiger charge is 2.32. The largest absolute Gasteiger partial charge is 0.392 e. The molecule has 0 aromatic heterocycles. The number of nitrogens with zero attached hydrogens (tertiary/aromatic N) is 2. The fourth-order valence-electron chi connectivity index (χ4n) is 3.11. The molecule has 2 atom stereocenters. The lowest BCUT2D eigenvalue weighted by Crippen LogP contribution is -2.24. The molecule has 0 spiro atoms. The first kappa shape index (κ1) is 15.6. The zero-order valence-electron chi connectivity index (χ0n) is 12.4. The molecule has 3 rings (SSSR count). The van der Waals surface area contributed by atoms with E-state index in [4.69, 9.17) is 5.26 Å². The van der Waals surface area contributed by atoms with Gasteiger partial charge < -0.3 is 5.11 Å². The second kappa shape index (κ2) is 6.45. The molecular formula is C18H16F2N2O. The molecule has 2 aromatic carbocycles. The van der Waals surface area contributed by atoms with Gasteiger partial charge in [-0.05, 0) is 47.9 Å². The SMILES string of the molecule is N#Cc1ccc(F)cc1CN1C[C@H](O)C[C@H]1c1ccc(F)cc1. The molecule has 0 radical (unpaired) electrons. The quantitative estimate of drug-likeness (QED) is 0.947. The number of aliphatic hydroxyl groups excluding tert-OH is 1. The van der Waals surface area contributed by atoms with Gasteiger partial charge in [-0.25, -0.2) is 8.78 Å². The molecule has 118 valence electrons.